The van der Waals surface area contributed by atoms with Gasteiger partial charge in [-0.3, -0.25) is 5.10 Å². The molecule has 2 saturated heterocycles. The van der Waals surface area contributed by atoms with E-state index in [9.17, 15) is 9.18 Å². The molecule has 0 atom stereocenters. The number of rotatable bonds is 3. The number of carbonyl (C=O) groups excluding carboxylic acids is 1. The van der Waals surface area contributed by atoms with Gasteiger partial charge in [0.1, 0.15) is 5.82 Å². The van der Waals surface area contributed by atoms with Gasteiger partial charge in [-0.25, -0.2) is 9.18 Å². The van der Waals surface area contributed by atoms with Crippen molar-refractivity contribution in [3.63, 3.8) is 0 Å². The number of nitrogens with one attached hydrogen (secondary N) is 2. The van der Waals surface area contributed by atoms with E-state index in [0.29, 0.717) is 5.92 Å². The molecular weight excluding hydrogens is 369 g/mol. The number of anilines is 1. The van der Waals surface area contributed by atoms with Crippen LogP contribution in [0.3, 0.4) is 0 Å². The van der Waals surface area contributed by atoms with Crippen LogP contribution in [0.15, 0.2) is 24.3 Å². The lowest BCUT2D eigenvalue weighted by Gasteiger charge is -2.36. The number of urea groups is 1. The number of carbonyl (C=O) groups is 1. The van der Waals surface area contributed by atoms with Crippen LogP contribution in [-0.4, -0.2) is 53.3 Å². The summed E-state index contributed by atoms with van der Waals surface area (Å²) in [6.07, 6.45) is 3.72. The van der Waals surface area contributed by atoms with Gasteiger partial charge in [-0.05, 0) is 68.7 Å². The molecule has 6 nitrogen and oxygen atoms in total. The number of nitrogens with zero attached hydrogens (tertiary/aromatic N) is 3. The summed E-state index contributed by atoms with van der Waals surface area (Å²) in [5.41, 5.74) is 3.29. The van der Waals surface area contributed by atoms with Crippen LogP contribution in [0.5, 0.6) is 0 Å². The van der Waals surface area contributed by atoms with E-state index in [2.05, 4.69) is 26.5 Å². The van der Waals surface area contributed by atoms with E-state index < -0.39 is 0 Å². The molecule has 2 amide bonds. The average Bonchev–Trinajstić information content (AvgIpc) is 3.15. The summed E-state index contributed by atoms with van der Waals surface area (Å²) in [7, 11) is 0. The second-order valence-corrected chi connectivity index (χ2v) is 8.38. The SMILES string of the molecule is Cc1cc(N2CCC(NC(=O)N3CCC(c4ccc(F)cc4C)CC3)CC2)n[nH]1. The van der Waals surface area contributed by atoms with Crippen molar-refractivity contribution in [1.29, 1.82) is 0 Å². The molecule has 2 aliphatic rings. The van der Waals surface area contributed by atoms with E-state index in [1.54, 1.807) is 6.07 Å². The van der Waals surface area contributed by atoms with E-state index in [0.717, 1.165) is 68.9 Å². The number of aromatic amines is 1. The Bertz CT molecular complexity index is 851. The zero-order valence-corrected chi connectivity index (χ0v) is 17.2. The third-order valence-corrected chi connectivity index (χ3v) is 6.29. The lowest BCUT2D eigenvalue weighted by atomic mass is 9.87. The number of H-pyrrole nitrogens is 1. The van der Waals surface area contributed by atoms with Crippen LogP contribution in [0.25, 0.3) is 0 Å². The van der Waals surface area contributed by atoms with Gasteiger partial charge in [0, 0.05) is 44.0 Å². The molecule has 2 aromatic rings. The van der Waals surface area contributed by atoms with Crippen molar-refractivity contribution in [2.75, 3.05) is 31.1 Å². The predicted molar refractivity (Wildman–Crippen MR) is 112 cm³/mol. The number of benzene rings is 1. The third-order valence-electron chi connectivity index (χ3n) is 6.29. The first-order valence-electron chi connectivity index (χ1n) is 10.6. The maximum Gasteiger partial charge on any atom is 0.317 e. The van der Waals surface area contributed by atoms with Crippen LogP contribution >= 0.6 is 0 Å². The van der Waals surface area contributed by atoms with Gasteiger partial charge < -0.3 is 15.1 Å². The number of amides is 2. The Labute approximate surface area is 171 Å². The third kappa shape index (κ3) is 4.54. The summed E-state index contributed by atoms with van der Waals surface area (Å²) in [5.74, 6) is 1.21. The molecule has 0 radical (unpaired) electrons. The molecule has 29 heavy (non-hydrogen) atoms. The molecule has 0 unspecified atom stereocenters. The van der Waals surface area contributed by atoms with Crippen molar-refractivity contribution in [2.45, 2.75) is 51.5 Å². The van der Waals surface area contributed by atoms with Crippen LogP contribution in [0.4, 0.5) is 15.0 Å². The standard InChI is InChI=1S/C22H30FN5O/c1-15-13-18(23)3-4-20(15)17-5-9-28(10-6-17)22(29)24-19-7-11-27(12-8-19)21-14-16(2)25-26-21/h3-4,13-14,17,19H,5-12H2,1-2H3,(H,24,29)(H,25,26). The van der Waals surface area contributed by atoms with E-state index in [1.165, 1.54) is 11.6 Å². The van der Waals surface area contributed by atoms with Gasteiger partial charge in [-0.15, -0.1) is 0 Å². The van der Waals surface area contributed by atoms with Crippen LogP contribution in [-0.2, 0) is 0 Å². The lowest BCUT2D eigenvalue weighted by molar-refractivity contribution is 0.175. The van der Waals surface area contributed by atoms with Gasteiger partial charge in [0.05, 0.1) is 0 Å². The second kappa shape index (κ2) is 8.43. The molecule has 2 N–H and O–H groups in total. The van der Waals surface area contributed by atoms with Gasteiger partial charge >= 0.3 is 6.03 Å². The first-order chi connectivity index (χ1) is 14.0. The predicted octanol–water partition coefficient (Wildman–Crippen LogP) is 3.72. The summed E-state index contributed by atoms with van der Waals surface area (Å²) in [6.45, 7) is 7.28. The summed E-state index contributed by atoms with van der Waals surface area (Å²) in [4.78, 5) is 16.9. The van der Waals surface area contributed by atoms with Gasteiger partial charge in [-0.2, -0.15) is 5.10 Å². The Morgan fingerprint density at radius 2 is 1.83 bits per heavy atom. The van der Waals surface area contributed by atoms with Crippen molar-refractivity contribution in [3.8, 4) is 0 Å². The maximum absolute atomic E-state index is 13.4. The van der Waals surface area contributed by atoms with Gasteiger partial charge in [0.15, 0.2) is 5.82 Å². The van der Waals surface area contributed by atoms with Gasteiger partial charge in [0.25, 0.3) is 0 Å². The molecule has 0 saturated carbocycles. The number of likely N-dealkylation sites (tertiary alicyclic amines) is 1. The minimum atomic E-state index is -0.184. The fraction of sp³-hybridized carbons (Fsp3) is 0.545. The highest BCUT2D eigenvalue weighted by Crippen LogP contribution is 2.30. The smallest absolute Gasteiger partial charge is 0.317 e. The summed E-state index contributed by atoms with van der Waals surface area (Å²) in [5, 5.41) is 10.5. The molecule has 0 aliphatic carbocycles. The molecule has 7 heteroatoms. The Balaban J connectivity index is 1.24. The number of piperidine rings is 2. The molecule has 0 spiro atoms. The second-order valence-electron chi connectivity index (χ2n) is 8.38. The molecular formula is C22H30FN5O. The highest BCUT2D eigenvalue weighted by atomic mass is 19.1. The van der Waals surface area contributed by atoms with E-state index >= 15 is 0 Å². The first-order valence-corrected chi connectivity index (χ1v) is 10.6. The van der Waals surface area contributed by atoms with Gasteiger partial charge in [0.2, 0.25) is 0 Å². The monoisotopic (exact) mass is 399 g/mol. The topological polar surface area (TPSA) is 64.3 Å². The highest BCUT2D eigenvalue weighted by Gasteiger charge is 2.27. The minimum absolute atomic E-state index is 0.0494. The first kappa shape index (κ1) is 19.7. The average molecular weight is 400 g/mol. The minimum Gasteiger partial charge on any atom is -0.355 e. The fourth-order valence-electron chi connectivity index (χ4n) is 4.58. The zero-order valence-electron chi connectivity index (χ0n) is 17.2. The normalized spacial score (nSPS) is 18.9. The quantitative estimate of drug-likeness (QED) is 0.827. The maximum atomic E-state index is 13.4. The lowest BCUT2D eigenvalue weighted by Crippen LogP contribution is -2.51. The summed E-state index contributed by atoms with van der Waals surface area (Å²) < 4.78 is 13.4. The molecule has 3 heterocycles. The van der Waals surface area contributed by atoms with E-state index in [1.807, 2.05) is 24.8 Å². The molecule has 4 rings (SSSR count). The number of aryl methyl sites for hydroxylation is 2. The molecule has 2 aliphatic heterocycles. The van der Waals surface area contributed by atoms with Crippen LogP contribution in [0.2, 0.25) is 0 Å². The Hall–Kier alpha value is -2.57. The molecule has 1 aromatic carbocycles. The number of hydrogen-bond acceptors (Lipinski definition) is 3. The van der Waals surface area contributed by atoms with Crippen molar-refractivity contribution >= 4 is 11.8 Å². The van der Waals surface area contributed by atoms with Crippen LogP contribution < -0.4 is 10.2 Å². The number of hydrogen-bond donors (Lipinski definition) is 2. The van der Waals surface area contributed by atoms with E-state index in [4.69, 9.17) is 0 Å². The van der Waals surface area contributed by atoms with Crippen molar-refractivity contribution in [3.05, 3.63) is 46.9 Å². The van der Waals surface area contributed by atoms with Crippen LogP contribution in [0, 0.1) is 19.7 Å². The highest BCUT2D eigenvalue weighted by molar-refractivity contribution is 5.74. The van der Waals surface area contributed by atoms with Crippen molar-refractivity contribution in [2.24, 2.45) is 0 Å². The van der Waals surface area contributed by atoms with Crippen molar-refractivity contribution < 1.29 is 9.18 Å². The Morgan fingerprint density at radius 3 is 2.45 bits per heavy atom. The molecule has 1 aromatic heterocycles. The Kier molecular flexibility index (Phi) is 5.74. The molecule has 2 fully saturated rings. The van der Waals surface area contributed by atoms with E-state index in [-0.39, 0.29) is 17.9 Å². The summed E-state index contributed by atoms with van der Waals surface area (Å²) >= 11 is 0. The summed E-state index contributed by atoms with van der Waals surface area (Å²) in [6, 6.07) is 7.37. The number of halogens is 1. The fourth-order valence-corrected chi connectivity index (χ4v) is 4.58. The van der Waals surface area contributed by atoms with Crippen molar-refractivity contribution in [1.82, 2.24) is 20.4 Å². The molecule has 156 valence electrons. The van der Waals surface area contributed by atoms with Gasteiger partial charge in [-0.1, -0.05) is 6.07 Å². The number of aromatic nitrogens is 2. The Morgan fingerprint density at radius 1 is 1.10 bits per heavy atom. The molecule has 0 bridgehead atoms. The van der Waals surface area contributed by atoms with Crippen LogP contribution in [0.1, 0.15) is 48.4 Å². The zero-order chi connectivity index (χ0) is 20.4. The largest absolute Gasteiger partial charge is 0.355 e.